The second kappa shape index (κ2) is 13.7. The first-order valence-electron chi connectivity index (χ1n) is 9.76. The Morgan fingerprint density at radius 3 is 1.86 bits per heavy atom. The summed E-state index contributed by atoms with van der Waals surface area (Å²) in [7, 11) is -8.27. The van der Waals surface area contributed by atoms with Crippen LogP contribution in [0.15, 0.2) is 30.3 Å². The average Bonchev–Trinajstić information content (AvgIpc) is 2.68. The van der Waals surface area contributed by atoms with E-state index in [1.54, 1.807) is 0 Å². The maximum absolute atomic E-state index is 11.1. The van der Waals surface area contributed by atoms with Crippen LogP contribution in [0.3, 0.4) is 0 Å². The van der Waals surface area contributed by atoms with Gasteiger partial charge in [-0.15, -0.1) is 0 Å². The maximum Gasteiger partial charge on any atom is 0.325 e. The van der Waals surface area contributed by atoms with Crippen LogP contribution < -0.4 is 5.32 Å². The number of benzene rings is 1. The summed E-state index contributed by atoms with van der Waals surface area (Å²) in [6.07, 6.45) is -0.176. The SMILES string of the molecule is C1COCCN1.CCN(Cc1ccccc1)C(CCP(=O)(O)O)CCP(=O)(O)O. The summed E-state index contributed by atoms with van der Waals surface area (Å²) in [6.45, 7) is 6.96. The van der Waals surface area contributed by atoms with Gasteiger partial charge in [0.25, 0.3) is 0 Å². The highest BCUT2D eigenvalue weighted by molar-refractivity contribution is 7.52. The number of hydrogen-bond acceptors (Lipinski definition) is 5. The van der Waals surface area contributed by atoms with Gasteiger partial charge in [-0.2, -0.15) is 0 Å². The van der Waals surface area contributed by atoms with E-state index in [1.807, 2.05) is 42.2 Å². The van der Waals surface area contributed by atoms with E-state index in [0.29, 0.717) is 13.1 Å². The van der Waals surface area contributed by atoms with E-state index in [9.17, 15) is 9.13 Å². The summed E-state index contributed by atoms with van der Waals surface area (Å²) in [5.41, 5.74) is 1.05. The van der Waals surface area contributed by atoms with E-state index in [4.69, 9.17) is 24.3 Å². The Hall–Kier alpha value is -0.600. The normalized spacial score (nSPS) is 15.3. The van der Waals surface area contributed by atoms with Crippen molar-refractivity contribution in [1.29, 1.82) is 0 Å². The number of ether oxygens (including phenoxy) is 1. The van der Waals surface area contributed by atoms with Gasteiger partial charge in [0, 0.05) is 25.7 Å². The van der Waals surface area contributed by atoms with Gasteiger partial charge >= 0.3 is 15.2 Å². The Kier molecular flexibility index (Phi) is 12.4. The highest BCUT2D eigenvalue weighted by Gasteiger charge is 2.25. The summed E-state index contributed by atoms with van der Waals surface area (Å²) in [4.78, 5) is 38.3. The van der Waals surface area contributed by atoms with Crippen LogP contribution in [0.5, 0.6) is 0 Å². The van der Waals surface area contributed by atoms with Crippen molar-refractivity contribution in [3.05, 3.63) is 35.9 Å². The second-order valence-electron chi connectivity index (χ2n) is 6.92. The van der Waals surface area contributed by atoms with E-state index in [0.717, 1.165) is 31.9 Å². The van der Waals surface area contributed by atoms with Crippen LogP contribution in [0.1, 0.15) is 25.3 Å². The van der Waals surface area contributed by atoms with Gasteiger partial charge < -0.3 is 29.6 Å². The zero-order valence-corrected chi connectivity index (χ0v) is 18.7. The molecule has 1 aromatic rings. The molecular formula is C18H34N2O7P2. The fourth-order valence-electron chi connectivity index (χ4n) is 2.98. The lowest BCUT2D eigenvalue weighted by Crippen LogP contribution is -2.36. The van der Waals surface area contributed by atoms with Crippen molar-refractivity contribution >= 4 is 15.2 Å². The third-order valence-corrected chi connectivity index (χ3v) is 6.19. The van der Waals surface area contributed by atoms with E-state index in [1.165, 1.54) is 0 Å². The monoisotopic (exact) mass is 452 g/mol. The Morgan fingerprint density at radius 2 is 1.52 bits per heavy atom. The second-order valence-corrected chi connectivity index (χ2v) is 10.5. The molecule has 1 aliphatic rings. The Labute approximate surface area is 172 Å². The Balaban J connectivity index is 0.000000594. The molecule has 0 radical (unpaired) electrons. The molecule has 168 valence electrons. The molecule has 0 unspecified atom stereocenters. The van der Waals surface area contributed by atoms with Crippen LogP contribution in [-0.4, -0.2) is 75.7 Å². The van der Waals surface area contributed by atoms with Crippen molar-refractivity contribution in [3.63, 3.8) is 0 Å². The minimum absolute atomic E-state index is 0.199. The molecule has 0 atom stereocenters. The molecule has 0 aliphatic carbocycles. The van der Waals surface area contributed by atoms with Crippen molar-refractivity contribution < 1.29 is 33.4 Å². The summed E-state index contributed by atoms with van der Waals surface area (Å²) in [5, 5.41) is 3.16. The lowest BCUT2D eigenvalue weighted by molar-refractivity contribution is 0.109. The molecule has 1 saturated heterocycles. The van der Waals surface area contributed by atoms with Crippen molar-refractivity contribution in [3.8, 4) is 0 Å². The summed E-state index contributed by atoms with van der Waals surface area (Å²) in [6, 6.07) is 9.32. The molecule has 2 rings (SSSR count). The molecule has 0 saturated carbocycles. The summed E-state index contributed by atoms with van der Waals surface area (Å²) >= 11 is 0. The highest BCUT2D eigenvalue weighted by atomic mass is 31.2. The quantitative estimate of drug-likeness (QED) is 0.335. The predicted molar refractivity (Wildman–Crippen MR) is 113 cm³/mol. The van der Waals surface area contributed by atoms with Crippen molar-refractivity contribution in [2.45, 2.75) is 32.4 Å². The number of hydrogen-bond donors (Lipinski definition) is 5. The molecule has 1 aromatic carbocycles. The van der Waals surface area contributed by atoms with Crippen LogP contribution in [-0.2, 0) is 20.4 Å². The van der Waals surface area contributed by atoms with E-state index >= 15 is 0 Å². The van der Waals surface area contributed by atoms with E-state index < -0.39 is 15.2 Å². The standard InChI is InChI=1S/C14H25NO6P2.C4H9NO/c1-2-15(12-13-6-4-3-5-7-13)14(8-10-22(16,17)18)9-11-23(19,20)21;1-3-6-4-2-5-1/h3-7,14H,2,8-12H2,1H3,(H2,16,17,18)(H2,19,20,21);5H,1-4H2. The number of rotatable bonds is 10. The van der Waals surface area contributed by atoms with Crippen molar-refractivity contribution in [2.75, 3.05) is 45.2 Å². The van der Waals surface area contributed by atoms with Crippen LogP contribution in [0.25, 0.3) is 0 Å². The first kappa shape index (κ1) is 26.4. The van der Waals surface area contributed by atoms with Gasteiger partial charge in [0.15, 0.2) is 0 Å². The molecule has 0 amide bonds. The summed E-state index contributed by atoms with van der Waals surface area (Å²) < 4.78 is 27.3. The van der Waals surface area contributed by atoms with Crippen LogP contribution in [0.2, 0.25) is 0 Å². The fraction of sp³-hybridized carbons (Fsp3) is 0.667. The van der Waals surface area contributed by atoms with Gasteiger partial charge in [-0.3, -0.25) is 14.0 Å². The molecule has 5 N–H and O–H groups in total. The van der Waals surface area contributed by atoms with Gasteiger partial charge in [-0.1, -0.05) is 37.3 Å². The predicted octanol–water partition coefficient (Wildman–Crippen LogP) is 1.62. The Bertz CT molecular complexity index is 609. The molecule has 11 heteroatoms. The molecule has 1 aliphatic heterocycles. The first-order chi connectivity index (χ1) is 13.6. The minimum atomic E-state index is -4.14. The third-order valence-electron chi connectivity index (χ3n) is 4.50. The van der Waals surface area contributed by atoms with Crippen molar-refractivity contribution in [1.82, 2.24) is 10.2 Å². The lowest BCUT2D eigenvalue weighted by atomic mass is 10.1. The molecule has 0 aromatic heterocycles. The van der Waals surface area contributed by atoms with E-state index in [-0.39, 0.29) is 31.2 Å². The molecule has 1 fully saturated rings. The smallest absolute Gasteiger partial charge is 0.325 e. The average molecular weight is 452 g/mol. The van der Waals surface area contributed by atoms with Gasteiger partial charge in [-0.25, -0.2) is 0 Å². The topological polar surface area (TPSA) is 140 Å². The highest BCUT2D eigenvalue weighted by Crippen LogP contribution is 2.39. The van der Waals surface area contributed by atoms with Crippen molar-refractivity contribution in [2.24, 2.45) is 0 Å². The van der Waals surface area contributed by atoms with Gasteiger partial charge in [0.05, 0.1) is 25.5 Å². The Morgan fingerprint density at radius 1 is 1.00 bits per heavy atom. The largest absolute Gasteiger partial charge is 0.379 e. The number of morpholine rings is 1. The molecule has 9 nitrogen and oxygen atoms in total. The molecule has 0 spiro atoms. The maximum atomic E-state index is 11.1. The zero-order valence-electron chi connectivity index (χ0n) is 16.9. The summed E-state index contributed by atoms with van der Waals surface area (Å²) in [5.74, 6) is 0. The van der Waals surface area contributed by atoms with E-state index in [2.05, 4.69) is 5.32 Å². The molecule has 0 bridgehead atoms. The van der Waals surface area contributed by atoms with Crippen LogP contribution >= 0.6 is 15.2 Å². The van der Waals surface area contributed by atoms with Gasteiger partial charge in [-0.05, 0) is 24.9 Å². The van der Waals surface area contributed by atoms with Gasteiger partial charge in [0.1, 0.15) is 0 Å². The fourth-order valence-corrected chi connectivity index (χ4v) is 4.25. The third kappa shape index (κ3) is 14.1. The zero-order chi connectivity index (χ0) is 21.8. The number of nitrogens with zero attached hydrogens (tertiary/aromatic N) is 1. The molecular weight excluding hydrogens is 418 g/mol. The minimum Gasteiger partial charge on any atom is -0.379 e. The van der Waals surface area contributed by atoms with Crippen LogP contribution in [0.4, 0.5) is 0 Å². The molecule has 29 heavy (non-hydrogen) atoms. The number of nitrogens with one attached hydrogen (secondary N) is 1. The first-order valence-corrected chi connectivity index (χ1v) is 13.4. The molecule has 1 heterocycles. The van der Waals surface area contributed by atoms with Gasteiger partial charge in [0.2, 0.25) is 0 Å². The van der Waals surface area contributed by atoms with Crippen LogP contribution in [0, 0.1) is 0 Å². The lowest BCUT2D eigenvalue weighted by Gasteiger charge is -2.31.